The van der Waals surface area contributed by atoms with Crippen molar-refractivity contribution in [1.29, 1.82) is 5.26 Å². The smallest absolute Gasteiger partial charge is 0.338 e. The fourth-order valence-electron chi connectivity index (χ4n) is 1.51. The van der Waals surface area contributed by atoms with E-state index in [2.05, 4.69) is 6.07 Å². The summed E-state index contributed by atoms with van der Waals surface area (Å²) in [4.78, 5) is 11.8. The first-order chi connectivity index (χ1) is 8.31. The molecule has 0 spiro atoms. The highest BCUT2D eigenvalue weighted by Crippen LogP contribution is 2.14. The van der Waals surface area contributed by atoms with Gasteiger partial charge in [0.25, 0.3) is 0 Å². The van der Waals surface area contributed by atoms with Crippen LogP contribution >= 0.6 is 0 Å². The van der Waals surface area contributed by atoms with Crippen molar-refractivity contribution in [3.63, 3.8) is 0 Å². The summed E-state index contributed by atoms with van der Waals surface area (Å²) < 4.78 is 5.27. The Hall–Kier alpha value is -1.82. The molecule has 0 bridgehead atoms. The Balaban J connectivity index is 2.71. The number of carbonyl (C=O) groups is 1. The van der Waals surface area contributed by atoms with Crippen molar-refractivity contribution in [2.75, 3.05) is 0 Å². The van der Waals surface area contributed by atoms with Gasteiger partial charge in [-0.05, 0) is 51.8 Å². The number of carbonyl (C=O) groups excluding carboxylic acids is 1. The predicted octanol–water partition coefficient (Wildman–Crippen LogP) is 3.34. The van der Waals surface area contributed by atoms with Gasteiger partial charge in [0.1, 0.15) is 5.60 Å². The van der Waals surface area contributed by atoms with Crippen molar-refractivity contribution in [2.24, 2.45) is 5.92 Å². The second-order valence-corrected chi connectivity index (χ2v) is 5.43. The minimum Gasteiger partial charge on any atom is -0.456 e. The van der Waals surface area contributed by atoms with E-state index >= 15 is 0 Å². The minimum absolute atomic E-state index is 0.0163. The summed E-state index contributed by atoms with van der Waals surface area (Å²) in [5, 5.41) is 8.74. The molecular weight excluding hydrogens is 226 g/mol. The molecule has 1 unspecified atom stereocenters. The van der Waals surface area contributed by atoms with Gasteiger partial charge in [0.15, 0.2) is 0 Å². The Kier molecular flexibility index (Phi) is 4.49. The van der Waals surface area contributed by atoms with E-state index in [1.807, 2.05) is 39.8 Å². The second kappa shape index (κ2) is 5.68. The van der Waals surface area contributed by atoms with E-state index in [1.54, 1.807) is 12.1 Å². The lowest BCUT2D eigenvalue weighted by atomic mass is 10.0. The third-order valence-electron chi connectivity index (χ3n) is 2.35. The number of esters is 1. The monoisotopic (exact) mass is 245 g/mol. The third kappa shape index (κ3) is 4.58. The zero-order valence-electron chi connectivity index (χ0n) is 11.4. The molecule has 0 fully saturated rings. The molecule has 0 heterocycles. The van der Waals surface area contributed by atoms with E-state index in [0.717, 1.165) is 5.56 Å². The van der Waals surface area contributed by atoms with Crippen LogP contribution in [0, 0.1) is 17.2 Å². The Morgan fingerprint density at radius 2 is 1.89 bits per heavy atom. The van der Waals surface area contributed by atoms with Gasteiger partial charge in [0.2, 0.25) is 0 Å². The lowest BCUT2D eigenvalue weighted by Crippen LogP contribution is -2.23. The van der Waals surface area contributed by atoms with Crippen LogP contribution in [-0.2, 0) is 11.2 Å². The molecule has 1 rings (SSSR count). The fraction of sp³-hybridized carbons (Fsp3) is 0.467. The molecule has 1 aromatic rings. The van der Waals surface area contributed by atoms with Gasteiger partial charge in [-0.1, -0.05) is 12.1 Å². The maximum absolute atomic E-state index is 11.8. The van der Waals surface area contributed by atoms with E-state index in [4.69, 9.17) is 10.00 Å². The summed E-state index contributed by atoms with van der Waals surface area (Å²) in [6, 6.07) is 9.41. The lowest BCUT2D eigenvalue weighted by molar-refractivity contribution is 0.00695. The quantitative estimate of drug-likeness (QED) is 0.767. The van der Waals surface area contributed by atoms with E-state index < -0.39 is 5.60 Å². The largest absolute Gasteiger partial charge is 0.456 e. The topological polar surface area (TPSA) is 50.1 Å². The van der Waals surface area contributed by atoms with Crippen molar-refractivity contribution < 1.29 is 9.53 Å². The third-order valence-corrected chi connectivity index (χ3v) is 2.35. The van der Waals surface area contributed by atoms with Crippen LogP contribution in [0.5, 0.6) is 0 Å². The van der Waals surface area contributed by atoms with E-state index in [0.29, 0.717) is 12.0 Å². The number of nitriles is 1. The molecule has 0 aliphatic rings. The van der Waals surface area contributed by atoms with Gasteiger partial charge >= 0.3 is 5.97 Å². The minimum atomic E-state index is -0.481. The maximum Gasteiger partial charge on any atom is 0.338 e. The van der Waals surface area contributed by atoms with Crippen LogP contribution in [-0.4, -0.2) is 11.6 Å². The molecule has 0 saturated heterocycles. The van der Waals surface area contributed by atoms with E-state index in [-0.39, 0.29) is 11.9 Å². The van der Waals surface area contributed by atoms with Gasteiger partial charge in [-0.2, -0.15) is 5.26 Å². The Morgan fingerprint density at radius 3 is 2.33 bits per heavy atom. The van der Waals surface area contributed by atoms with Crippen molar-refractivity contribution in [3.8, 4) is 6.07 Å². The SMILES string of the molecule is CC(C#N)Cc1ccc(C(=O)OC(C)(C)C)cc1. The zero-order chi connectivity index (χ0) is 13.8. The second-order valence-electron chi connectivity index (χ2n) is 5.43. The van der Waals surface area contributed by atoms with Gasteiger partial charge in [0.05, 0.1) is 11.6 Å². The highest BCUT2D eigenvalue weighted by molar-refractivity contribution is 5.89. The number of nitrogens with zero attached hydrogens (tertiary/aromatic N) is 1. The van der Waals surface area contributed by atoms with Crippen LogP contribution in [0.3, 0.4) is 0 Å². The van der Waals surface area contributed by atoms with Crippen LogP contribution in [0.25, 0.3) is 0 Å². The van der Waals surface area contributed by atoms with Crippen LogP contribution < -0.4 is 0 Å². The number of hydrogen-bond donors (Lipinski definition) is 0. The van der Waals surface area contributed by atoms with Crippen LogP contribution in [0.2, 0.25) is 0 Å². The van der Waals surface area contributed by atoms with E-state index in [1.165, 1.54) is 0 Å². The number of ether oxygens (including phenoxy) is 1. The number of benzene rings is 1. The summed E-state index contributed by atoms with van der Waals surface area (Å²) in [6.07, 6.45) is 0.700. The van der Waals surface area contributed by atoms with Crippen molar-refractivity contribution >= 4 is 5.97 Å². The molecule has 0 saturated carbocycles. The zero-order valence-corrected chi connectivity index (χ0v) is 11.4. The highest BCUT2D eigenvalue weighted by atomic mass is 16.6. The average molecular weight is 245 g/mol. The molecule has 18 heavy (non-hydrogen) atoms. The first-order valence-corrected chi connectivity index (χ1v) is 6.04. The van der Waals surface area contributed by atoms with Crippen LogP contribution in [0.15, 0.2) is 24.3 Å². The average Bonchev–Trinajstić information content (AvgIpc) is 2.27. The van der Waals surface area contributed by atoms with Crippen molar-refractivity contribution in [2.45, 2.75) is 39.7 Å². The molecule has 0 radical (unpaired) electrons. The molecule has 1 atom stereocenters. The molecule has 1 aromatic carbocycles. The highest BCUT2D eigenvalue weighted by Gasteiger charge is 2.17. The molecule has 0 aliphatic heterocycles. The number of hydrogen-bond acceptors (Lipinski definition) is 3. The summed E-state index contributed by atoms with van der Waals surface area (Å²) in [5.41, 5.74) is 1.11. The van der Waals surface area contributed by atoms with Gasteiger partial charge < -0.3 is 4.74 Å². The molecule has 0 amide bonds. The summed E-state index contributed by atoms with van der Waals surface area (Å²) >= 11 is 0. The first-order valence-electron chi connectivity index (χ1n) is 6.04. The maximum atomic E-state index is 11.8. The number of rotatable bonds is 3. The normalized spacial score (nSPS) is 12.6. The Labute approximate surface area is 108 Å². The predicted molar refractivity (Wildman–Crippen MR) is 70.1 cm³/mol. The molecule has 0 aromatic heterocycles. The lowest BCUT2D eigenvalue weighted by Gasteiger charge is -2.19. The molecule has 0 N–H and O–H groups in total. The molecular formula is C15H19NO2. The van der Waals surface area contributed by atoms with Crippen LogP contribution in [0.1, 0.15) is 43.6 Å². The Bertz CT molecular complexity index is 449. The summed E-state index contributed by atoms with van der Waals surface area (Å²) in [7, 11) is 0. The molecule has 3 heteroatoms. The molecule has 96 valence electrons. The standard InChI is InChI=1S/C15H19NO2/c1-11(10-16)9-12-5-7-13(8-6-12)14(17)18-15(2,3)4/h5-8,11H,9H2,1-4H3. The summed E-state index contributed by atoms with van der Waals surface area (Å²) in [6.45, 7) is 7.40. The van der Waals surface area contributed by atoms with Gasteiger partial charge in [-0.15, -0.1) is 0 Å². The fourth-order valence-corrected chi connectivity index (χ4v) is 1.51. The van der Waals surface area contributed by atoms with Gasteiger partial charge in [-0.25, -0.2) is 4.79 Å². The molecule has 3 nitrogen and oxygen atoms in total. The first kappa shape index (κ1) is 14.2. The van der Waals surface area contributed by atoms with Gasteiger partial charge in [-0.3, -0.25) is 0 Å². The molecule has 0 aliphatic carbocycles. The van der Waals surface area contributed by atoms with Gasteiger partial charge in [0, 0.05) is 5.92 Å². The van der Waals surface area contributed by atoms with E-state index in [9.17, 15) is 4.79 Å². The van der Waals surface area contributed by atoms with Crippen LogP contribution in [0.4, 0.5) is 0 Å². The Morgan fingerprint density at radius 1 is 1.33 bits per heavy atom. The summed E-state index contributed by atoms with van der Waals surface area (Å²) in [5.74, 6) is -0.334. The van der Waals surface area contributed by atoms with Crippen molar-refractivity contribution in [1.82, 2.24) is 0 Å². The van der Waals surface area contributed by atoms with Crippen molar-refractivity contribution in [3.05, 3.63) is 35.4 Å².